The molecule has 2 N–H and O–H groups in total. The Balaban J connectivity index is 2.08. The molecule has 1 amide bonds. The maximum absolute atomic E-state index is 12.5. The first-order valence-corrected chi connectivity index (χ1v) is 8.88. The van der Waals surface area contributed by atoms with Crippen LogP contribution < -0.4 is 5.32 Å². The average Bonchev–Trinajstić information content (AvgIpc) is 2.55. The minimum Gasteiger partial charge on any atom is -0.481 e. The molecular weight excluding hydrogens is 369 g/mol. The number of halogens is 2. The van der Waals surface area contributed by atoms with Crippen molar-refractivity contribution in [2.24, 2.45) is 0 Å². The van der Waals surface area contributed by atoms with Crippen LogP contribution >= 0.6 is 35.0 Å². The second-order valence-corrected chi connectivity index (χ2v) is 6.89. The highest BCUT2D eigenvalue weighted by molar-refractivity contribution is 8.00. The number of carbonyl (C=O) groups excluding carboxylic acids is 1. The number of thioether (sulfide) groups is 1. The number of nitrogens with one attached hydrogen (secondary N) is 1. The van der Waals surface area contributed by atoms with Gasteiger partial charge < -0.3 is 10.4 Å². The molecule has 0 spiro atoms. The highest BCUT2D eigenvalue weighted by Crippen LogP contribution is 2.29. The van der Waals surface area contributed by atoms with Gasteiger partial charge in [0.1, 0.15) is 5.25 Å². The molecule has 0 aliphatic heterocycles. The van der Waals surface area contributed by atoms with E-state index in [1.54, 1.807) is 30.3 Å². The molecule has 0 unspecified atom stereocenters. The molecule has 0 fully saturated rings. The van der Waals surface area contributed by atoms with Gasteiger partial charge in [-0.25, -0.2) is 0 Å². The van der Waals surface area contributed by atoms with E-state index < -0.39 is 11.2 Å². The Hall–Kier alpha value is -1.69. The van der Waals surface area contributed by atoms with Gasteiger partial charge in [-0.3, -0.25) is 9.59 Å². The van der Waals surface area contributed by atoms with Crippen LogP contribution in [0.4, 0.5) is 0 Å². The fourth-order valence-corrected chi connectivity index (χ4v) is 3.41. The molecule has 0 bridgehead atoms. The van der Waals surface area contributed by atoms with Crippen LogP contribution in [-0.4, -0.2) is 22.7 Å². The molecule has 0 aliphatic carbocycles. The topological polar surface area (TPSA) is 66.4 Å². The summed E-state index contributed by atoms with van der Waals surface area (Å²) in [5, 5.41) is 12.1. The van der Waals surface area contributed by atoms with E-state index in [2.05, 4.69) is 5.32 Å². The Morgan fingerprint density at radius 2 is 1.83 bits per heavy atom. The Labute approximate surface area is 154 Å². The SMILES string of the molecule is O=C(O)CS[C@@H](C(=O)NCc1ccc(Cl)cc1Cl)c1ccccc1. The van der Waals surface area contributed by atoms with Crippen LogP contribution in [0.1, 0.15) is 16.4 Å². The van der Waals surface area contributed by atoms with E-state index in [0.717, 1.165) is 22.9 Å². The molecular formula is C17H15Cl2NO3S. The summed E-state index contributed by atoms with van der Waals surface area (Å²) in [6.07, 6.45) is 0. The highest BCUT2D eigenvalue weighted by atomic mass is 35.5. The minimum absolute atomic E-state index is 0.158. The molecule has 4 nitrogen and oxygen atoms in total. The van der Waals surface area contributed by atoms with Crippen LogP contribution in [0.3, 0.4) is 0 Å². The van der Waals surface area contributed by atoms with E-state index in [1.165, 1.54) is 0 Å². The van der Waals surface area contributed by atoms with Crippen molar-refractivity contribution in [3.8, 4) is 0 Å². The smallest absolute Gasteiger partial charge is 0.313 e. The molecule has 0 saturated carbocycles. The summed E-state index contributed by atoms with van der Waals surface area (Å²) in [7, 11) is 0. The summed E-state index contributed by atoms with van der Waals surface area (Å²) in [6, 6.07) is 14.1. The molecule has 2 aromatic rings. The van der Waals surface area contributed by atoms with Crippen molar-refractivity contribution in [3.05, 3.63) is 69.7 Å². The molecule has 24 heavy (non-hydrogen) atoms. The Bertz CT molecular complexity index is 725. The Kier molecular flexibility index (Phi) is 6.97. The Morgan fingerprint density at radius 3 is 2.46 bits per heavy atom. The lowest BCUT2D eigenvalue weighted by atomic mass is 10.1. The Morgan fingerprint density at radius 1 is 1.12 bits per heavy atom. The number of carboxylic acids is 1. The summed E-state index contributed by atoms with van der Waals surface area (Å²) < 4.78 is 0. The van der Waals surface area contributed by atoms with Crippen LogP contribution in [0.15, 0.2) is 48.5 Å². The standard InChI is InChI=1S/C17H15Cl2NO3S/c18-13-7-6-12(14(19)8-13)9-20-17(23)16(24-10-15(21)22)11-4-2-1-3-5-11/h1-8,16H,9-10H2,(H,20,23)(H,21,22)/t16-/m1/s1. The maximum Gasteiger partial charge on any atom is 0.313 e. The molecule has 1 atom stereocenters. The molecule has 2 aromatic carbocycles. The molecule has 126 valence electrons. The molecule has 0 aliphatic rings. The van der Waals surface area contributed by atoms with Crippen LogP contribution in [0.25, 0.3) is 0 Å². The largest absolute Gasteiger partial charge is 0.481 e. The molecule has 0 heterocycles. The summed E-state index contributed by atoms with van der Waals surface area (Å²) in [6.45, 7) is 0.242. The van der Waals surface area contributed by atoms with Gasteiger partial charge in [0.25, 0.3) is 0 Å². The first kappa shape index (κ1) is 18.6. The zero-order chi connectivity index (χ0) is 17.5. The zero-order valence-electron chi connectivity index (χ0n) is 12.5. The van der Waals surface area contributed by atoms with E-state index in [1.807, 2.05) is 18.2 Å². The third kappa shape index (κ3) is 5.44. The van der Waals surface area contributed by atoms with E-state index in [-0.39, 0.29) is 18.2 Å². The van der Waals surface area contributed by atoms with Gasteiger partial charge in [0.15, 0.2) is 0 Å². The number of aliphatic carboxylic acids is 1. The second kappa shape index (κ2) is 8.97. The first-order valence-electron chi connectivity index (χ1n) is 7.07. The van der Waals surface area contributed by atoms with E-state index in [0.29, 0.717) is 10.0 Å². The van der Waals surface area contributed by atoms with Crippen molar-refractivity contribution < 1.29 is 14.7 Å². The third-order valence-electron chi connectivity index (χ3n) is 3.18. The van der Waals surface area contributed by atoms with Crippen molar-refractivity contribution in [1.82, 2.24) is 5.32 Å². The fraction of sp³-hybridized carbons (Fsp3) is 0.176. The predicted molar refractivity (Wildman–Crippen MR) is 97.6 cm³/mol. The number of rotatable bonds is 7. The number of amides is 1. The monoisotopic (exact) mass is 383 g/mol. The summed E-state index contributed by atoms with van der Waals surface area (Å²) >= 11 is 13.0. The maximum atomic E-state index is 12.5. The van der Waals surface area contributed by atoms with Gasteiger partial charge >= 0.3 is 5.97 Å². The number of carboxylic acid groups (broad SMARTS) is 1. The average molecular weight is 384 g/mol. The van der Waals surface area contributed by atoms with Crippen LogP contribution in [-0.2, 0) is 16.1 Å². The highest BCUT2D eigenvalue weighted by Gasteiger charge is 2.22. The number of carbonyl (C=O) groups is 2. The first-order chi connectivity index (χ1) is 11.5. The lowest BCUT2D eigenvalue weighted by molar-refractivity contribution is -0.133. The summed E-state index contributed by atoms with van der Waals surface area (Å²) in [5.41, 5.74) is 1.49. The summed E-state index contributed by atoms with van der Waals surface area (Å²) in [5.74, 6) is -1.39. The van der Waals surface area contributed by atoms with E-state index in [9.17, 15) is 9.59 Å². The van der Waals surface area contributed by atoms with Gasteiger partial charge in [-0.2, -0.15) is 0 Å². The fourth-order valence-electron chi connectivity index (χ4n) is 2.05. The van der Waals surface area contributed by atoms with Gasteiger partial charge in [0, 0.05) is 16.6 Å². The van der Waals surface area contributed by atoms with Gasteiger partial charge in [0.2, 0.25) is 5.91 Å². The van der Waals surface area contributed by atoms with Crippen molar-refractivity contribution >= 4 is 46.8 Å². The molecule has 2 rings (SSSR count). The third-order valence-corrected chi connectivity index (χ3v) is 5.00. The van der Waals surface area contributed by atoms with Gasteiger partial charge in [-0.1, -0.05) is 59.6 Å². The van der Waals surface area contributed by atoms with E-state index >= 15 is 0 Å². The van der Waals surface area contributed by atoms with Crippen molar-refractivity contribution in [2.75, 3.05) is 5.75 Å². The quantitative estimate of drug-likeness (QED) is 0.752. The van der Waals surface area contributed by atoms with Crippen LogP contribution in [0.5, 0.6) is 0 Å². The van der Waals surface area contributed by atoms with E-state index in [4.69, 9.17) is 28.3 Å². The molecule has 0 aromatic heterocycles. The van der Waals surface area contributed by atoms with Crippen LogP contribution in [0, 0.1) is 0 Å². The zero-order valence-corrected chi connectivity index (χ0v) is 14.9. The molecule has 0 radical (unpaired) electrons. The number of benzene rings is 2. The van der Waals surface area contributed by atoms with Gasteiger partial charge in [-0.15, -0.1) is 11.8 Å². The summed E-state index contributed by atoms with van der Waals surface area (Å²) in [4.78, 5) is 23.3. The molecule has 0 saturated heterocycles. The number of hydrogen-bond donors (Lipinski definition) is 2. The molecule has 7 heteroatoms. The number of hydrogen-bond acceptors (Lipinski definition) is 3. The lowest BCUT2D eigenvalue weighted by Gasteiger charge is -2.16. The van der Waals surface area contributed by atoms with Crippen molar-refractivity contribution in [2.45, 2.75) is 11.8 Å². The van der Waals surface area contributed by atoms with Crippen molar-refractivity contribution in [1.29, 1.82) is 0 Å². The normalized spacial score (nSPS) is 11.8. The minimum atomic E-state index is -0.963. The van der Waals surface area contributed by atoms with Gasteiger partial charge in [-0.05, 0) is 23.3 Å². The lowest BCUT2D eigenvalue weighted by Crippen LogP contribution is -2.28. The van der Waals surface area contributed by atoms with Crippen LogP contribution in [0.2, 0.25) is 10.0 Å². The van der Waals surface area contributed by atoms with Gasteiger partial charge in [0.05, 0.1) is 5.75 Å². The van der Waals surface area contributed by atoms with Crippen molar-refractivity contribution in [3.63, 3.8) is 0 Å². The second-order valence-electron chi connectivity index (χ2n) is 4.95. The predicted octanol–water partition coefficient (Wildman–Crippen LogP) is 4.17.